The average Bonchev–Trinajstić information content (AvgIpc) is 2.86. The van der Waals surface area contributed by atoms with Crippen LogP contribution in [-0.2, 0) is 13.0 Å². The summed E-state index contributed by atoms with van der Waals surface area (Å²) in [4.78, 5) is 15.3. The van der Waals surface area contributed by atoms with E-state index in [4.69, 9.17) is 0 Å². The fraction of sp³-hybridized carbons (Fsp3) is 0.353. The highest BCUT2D eigenvalue weighted by molar-refractivity contribution is 7.10. The number of nitrogens with zero attached hydrogens (tertiary/aromatic N) is 1. The molecule has 0 atom stereocenters. The number of carbonyl (C=O) groups is 1. The quantitative estimate of drug-likeness (QED) is 0.880. The van der Waals surface area contributed by atoms with Gasteiger partial charge in [0.05, 0.1) is 6.54 Å². The van der Waals surface area contributed by atoms with Crippen molar-refractivity contribution in [2.24, 2.45) is 0 Å². The number of anilines is 1. The predicted octanol–water partition coefficient (Wildman–Crippen LogP) is 4.59. The fourth-order valence-corrected chi connectivity index (χ4v) is 3.22. The Morgan fingerprint density at radius 1 is 1.24 bits per heavy atom. The molecule has 3 nitrogen and oxygen atoms in total. The van der Waals surface area contributed by atoms with Crippen LogP contribution in [0.2, 0.25) is 0 Å². The minimum absolute atomic E-state index is 0.0631. The monoisotopic (exact) mass is 302 g/mol. The Kier molecular flexibility index (Phi) is 5.02. The van der Waals surface area contributed by atoms with Gasteiger partial charge in [-0.05, 0) is 48.4 Å². The lowest BCUT2D eigenvalue weighted by molar-refractivity contribution is 0.221. The van der Waals surface area contributed by atoms with Crippen LogP contribution in [-0.4, -0.2) is 18.0 Å². The number of rotatable bonds is 4. The smallest absolute Gasteiger partial charge is 0.321 e. The van der Waals surface area contributed by atoms with Crippen LogP contribution < -0.4 is 5.32 Å². The first-order chi connectivity index (χ1) is 10.0. The first-order valence-corrected chi connectivity index (χ1v) is 8.04. The first-order valence-electron chi connectivity index (χ1n) is 7.16. The number of hydrogen-bond donors (Lipinski definition) is 1. The van der Waals surface area contributed by atoms with Gasteiger partial charge < -0.3 is 10.2 Å². The van der Waals surface area contributed by atoms with Crippen LogP contribution in [0.3, 0.4) is 0 Å². The number of aryl methyl sites for hydroxylation is 3. The second kappa shape index (κ2) is 6.76. The highest BCUT2D eigenvalue weighted by Gasteiger charge is 2.14. The van der Waals surface area contributed by atoms with E-state index in [-0.39, 0.29) is 6.03 Å². The lowest BCUT2D eigenvalue weighted by atomic mass is 10.1. The molecule has 1 aromatic carbocycles. The molecule has 1 aromatic heterocycles. The molecule has 0 fully saturated rings. The number of para-hydroxylation sites is 1. The molecule has 21 heavy (non-hydrogen) atoms. The predicted molar refractivity (Wildman–Crippen MR) is 90.1 cm³/mol. The average molecular weight is 302 g/mol. The van der Waals surface area contributed by atoms with E-state index in [9.17, 15) is 4.79 Å². The van der Waals surface area contributed by atoms with Gasteiger partial charge in [-0.15, -0.1) is 11.3 Å². The summed E-state index contributed by atoms with van der Waals surface area (Å²) in [5.74, 6) is 0. The van der Waals surface area contributed by atoms with Crippen molar-refractivity contribution in [2.45, 2.75) is 33.7 Å². The minimum atomic E-state index is -0.0631. The Balaban J connectivity index is 2.09. The largest absolute Gasteiger partial charge is 0.322 e. The van der Waals surface area contributed by atoms with Gasteiger partial charge in [-0.3, -0.25) is 0 Å². The van der Waals surface area contributed by atoms with Gasteiger partial charge in [0.25, 0.3) is 0 Å². The van der Waals surface area contributed by atoms with E-state index >= 15 is 0 Å². The Hall–Kier alpha value is -1.81. The molecule has 0 unspecified atom stereocenters. The Bertz CT molecular complexity index is 633. The summed E-state index contributed by atoms with van der Waals surface area (Å²) in [7, 11) is 1.83. The number of carbonyl (C=O) groups excluding carboxylic acids is 1. The van der Waals surface area contributed by atoms with Gasteiger partial charge in [0.2, 0.25) is 0 Å². The third-order valence-corrected chi connectivity index (χ3v) is 4.68. The van der Waals surface area contributed by atoms with Crippen LogP contribution in [0.25, 0.3) is 0 Å². The third kappa shape index (κ3) is 3.64. The number of urea groups is 1. The van der Waals surface area contributed by atoms with Crippen LogP contribution in [0.1, 0.15) is 28.5 Å². The highest BCUT2D eigenvalue weighted by Crippen LogP contribution is 2.22. The molecule has 1 N–H and O–H groups in total. The van der Waals surface area contributed by atoms with Gasteiger partial charge in [0.1, 0.15) is 0 Å². The van der Waals surface area contributed by atoms with E-state index in [0.717, 1.165) is 17.7 Å². The summed E-state index contributed by atoms with van der Waals surface area (Å²) in [5.41, 5.74) is 4.46. The zero-order valence-electron chi connectivity index (χ0n) is 13.1. The highest BCUT2D eigenvalue weighted by atomic mass is 32.1. The zero-order chi connectivity index (χ0) is 15.4. The SMILES string of the molecule is CCc1cccc(C)c1NC(=O)N(C)Cc1sccc1C. The van der Waals surface area contributed by atoms with Crippen LogP contribution >= 0.6 is 11.3 Å². The number of amides is 2. The summed E-state index contributed by atoms with van der Waals surface area (Å²) in [6, 6.07) is 8.14. The van der Waals surface area contributed by atoms with E-state index in [1.807, 2.05) is 26.1 Å². The number of benzene rings is 1. The normalized spacial score (nSPS) is 10.5. The molecule has 2 rings (SSSR count). The molecule has 2 aromatic rings. The van der Waals surface area contributed by atoms with E-state index in [2.05, 4.69) is 36.7 Å². The minimum Gasteiger partial charge on any atom is -0.322 e. The molecule has 0 spiro atoms. The van der Waals surface area contributed by atoms with Crippen LogP contribution in [0.5, 0.6) is 0 Å². The molecule has 0 aliphatic heterocycles. The maximum atomic E-state index is 12.4. The fourth-order valence-electron chi connectivity index (χ4n) is 2.26. The van der Waals surface area contributed by atoms with Gasteiger partial charge >= 0.3 is 6.03 Å². The summed E-state index contributed by atoms with van der Waals surface area (Å²) in [5, 5.41) is 5.12. The maximum absolute atomic E-state index is 12.4. The van der Waals surface area contributed by atoms with E-state index < -0.39 is 0 Å². The Morgan fingerprint density at radius 2 is 2.00 bits per heavy atom. The van der Waals surface area contributed by atoms with Crippen LogP contribution in [0, 0.1) is 13.8 Å². The zero-order valence-corrected chi connectivity index (χ0v) is 13.9. The van der Waals surface area contributed by atoms with Crippen molar-refractivity contribution in [3.05, 3.63) is 51.2 Å². The lowest BCUT2D eigenvalue weighted by Crippen LogP contribution is -2.31. The summed E-state index contributed by atoms with van der Waals surface area (Å²) in [6.45, 7) is 6.85. The van der Waals surface area contributed by atoms with E-state index in [1.54, 1.807) is 16.2 Å². The van der Waals surface area contributed by atoms with E-state index in [1.165, 1.54) is 16.0 Å². The maximum Gasteiger partial charge on any atom is 0.321 e. The molecule has 0 aliphatic carbocycles. The second-order valence-electron chi connectivity index (χ2n) is 5.28. The summed E-state index contributed by atoms with van der Waals surface area (Å²) >= 11 is 1.69. The van der Waals surface area contributed by atoms with Crippen molar-refractivity contribution in [2.75, 3.05) is 12.4 Å². The summed E-state index contributed by atoms with van der Waals surface area (Å²) < 4.78 is 0. The molecule has 4 heteroatoms. The van der Waals surface area contributed by atoms with Crippen molar-refractivity contribution in [1.29, 1.82) is 0 Å². The molecule has 0 saturated heterocycles. The van der Waals surface area contributed by atoms with Crippen molar-refractivity contribution in [3.63, 3.8) is 0 Å². The van der Waals surface area contributed by atoms with Gasteiger partial charge in [-0.1, -0.05) is 25.1 Å². The van der Waals surface area contributed by atoms with Gasteiger partial charge in [0, 0.05) is 17.6 Å². The van der Waals surface area contributed by atoms with Crippen molar-refractivity contribution < 1.29 is 4.79 Å². The number of thiophene rings is 1. The van der Waals surface area contributed by atoms with Crippen molar-refractivity contribution in [3.8, 4) is 0 Å². The van der Waals surface area contributed by atoms with Gasteiger partial charge in [0.15, 0.2) is 0 Å². The standard InChI is InChI=1S/C17H22N2OS/c1-5-14-8-6-7-13(3)16(14)18-17(20)19(4)11-15-12(2)9-10-21-15/h6-10H,5,11H2,1-4H3,(H,18,20). The molecule has 2 amide bonds. The van der Waals surface area contributed by atoms with Crippen molar-refractivity contribution in [1.82, 2.24) is 4.90 Å². The molecule has 1 heterocycles. The topological polar surface area (TPSA) is 32.3 Å². The number of hydrogen-bond acceptors (Lipinski definition) is 2. The second-order valence-corrected chi connectivity index (χ2v) is 6.28. The van der Waals surface area contributed by atoms with Crippen LogP contribution in [0.15, 0.2) is 29.6 Å². The van der Waals surface area contributed by atoms with Gasteiger partial charge in [-0.2, -0.15) is 0 Å². The molecular formula is C17H22N2OS. The molecular weight excluding hydrogens is 280 g/mol. The molecule has 0 saturated carbocycles. The molecule has 0 radical (unpaired) electrons. The third-order valence-electron chi connectivity index (χ3n) is 3.67. The Labute approximate surface area is 130 Å². The first kappa shape index (κ1) is 15.6. The summed E-state index contributed by atoms with van der Waals surface area (Å²) in [6.07, 6.45) is 0.908. The lowest BCUT2D eigenvalue weighted by Gasteiger charge is -2.20. The van der Waals surface area contributed by atoms with Crippen LogP contribution in [0.4, 0.5) is 10.5 Å². The number of nitrogens with one attached hydrogen (secondary N) is 1. The molecule has 0 bridgehead atoms. The van der Waals surface area contributed by atoms with Gasteiger partial charge in [-0.25, -0.2) is 4.79 Å². The molecule has 0 aliphatic rings. The van der Waals surface area contributed by atoms with E-state index in [0.29, 0.717) is 6.54 Å². The van der Waals surface area contributed by atoms with Crippen molar-refractivity contribution >= 4 is 23.1 Å². The molecule has 112 valence electrons. The Morgan fingerprint density at radius 3 is 2.62 bits per heavy atom.